The maximum Gasteiger partial charge on any atom is 0.251 e. The van der Waals surface area contributed by atoms with Crippen LogP contribution in [0, 0.1) is 0 Å². The number of hydrogen-bond acceptors (Lipinski definition) is 2. The fraction of sp³-hybridized carbons (Fsp3) is 0.0800. The number of fused-ring (bicyclic) bond motifs is 1. The SMILES string of the molecule is O=C(NCc1ccccc1)c1cccc(COc2cccc3ccccc23)c1. The Morgan fingerprint density at radius 1 is 0.750 bits per heavy atom. The van der Waals surface area contributed by atoms with Crippen molar-refractivity contribution < 1.29 is 9.53 Å². The zero-order valence-corrected chi connectivity index (χ0v) is 15.5. The van der Waals surface area contributed by atoms with E-state index in [9.17, 15) is 4.79 Å². The van der Waals surface area contributed by atoms with Gasteiger partial charge in [0.1, 0.15) is 12.4 Å². The molecule has 28 heavy (non-hydrogen) atoms. The van der Waals surface area contributed by atoms with Gasteiger partial charge in [-0.1, -0.05) is 78.9 Å². The summed E-state index contributed by atoms with van der Waals surface area (Å²) >= 11 is 0. The molecule has 4 rings (SSSR count). The van der Waals surface area contributed by atoms with E-state index in [2.05, 4.69) is 23.5 Å². The molecule has 4 aromatic carbocycles. The van der Waals surface area contributed by atoms with Crippen LogP contribution in [-0.4, -0.2) is 5.91 Å². The maximum atomic E-state index is 12.5. The van der Waals surface area contributed by atoms with Gasteiger partial charge in [0.25, 0.3) is 5.91 Å². The Kier molecular flexibility index (Phi) is 5.34. The molecule has 0 aromatic heterocycles. The fourth-order valence-corrected chi connectivity index (χ4v) is 3.17. The molecule has 0 spiro atoms. The summed E-state index contributed by atoms with van der Waals surface area (Å²) in [5, 5.41) is 5.19. The predicted octanol–water partition coefficient (Wildman–Crippen LogP) is 5.35. The van der Waals surface area contributed by atoms with Gasteiger partial charge in [0, 0.05) is 17.5 Å². The summed E-state index contributed by atoms with van der Waals surface area (Å²) < 4.78 is 6.04. The Morgan fingerprint density at radius 3 is 2.36 bits per heavy atom. The van der Waals surface area contributed by atoms with Crippen LogP contribution in [0.1, 0.15) is 21.5 Å². The lowest BCUT2D eigenvalue weighted by atomic mass is 10.1. The van der Waals surface area contributed by atoms with Crippen molar-refractivity contribution in [1.82, 2.24) is 5.32 Å². The molecule has 4 aromatic rings. The van der Waals surface area contributed by atoms with Crippen molar-refractivity contribution in [1.29, 1.82) is 0 Å². The minimum absolute atomic E-state index is 0.0872. The monoisotopic (exact) mass is 367 g/mol. The Morgan fingerprint density at radius 2 is 1.46 bits per heavy atom. The Bertz CT molecular complexity index is 1080. The standard InChI is InChI=1S/C25H21NO2/c27-25(26-17-19-8-2-1-3-9-19)22-13-6-10-20(16-22)18-28-24-15-7-12-21-11-4-5-14-23(21)24/h1-16H,17-18H2,(H,26,27). The molecule has 0 unspecified atom stereocenters. The largest absolute Gasteiger partial charge is 0.488 e. The molecule has 138 valence electrons. The van der Waals surface area contributed by atoms with Crippen LogP contribution in [0.25, 0.3) is 10.8 Å². The van der Waals surface area contributed by atoms with Gasteiger partial charge in [-0.15, -0.1) is 0 Å². The summed E-state index contributed by atoms with van der Waals surface area (Å²) in [4.78, 5) is 12.5. The number of benzene rings is 4. The van der Waals surface area contributed by atoms with Crippen LogP contribution in [-0.2, 0) is 13.2 Å². The highest BCUT2D eigenvalue weighted by atomic mass is 16.5. The first-order valence-electron chi connectivity index (χ1n) is 9.31. The first-order chi connectivity index (χ1) is 13.8. The molecule has 0 atom stereocenters. The van der Waals surface area contributed by atoms with E-state index >= 15 is 0 Å². The molecule has 0 radical (unpaired) electrons. The lowest BCUT2D eigenvalue weighted by molar-refractivity contribution is 0.0950. The lowest BCUT2D eigenvalue weighted by Gasteiger charge is -2.11. The van der Waals surface area contributed by atoms with Gasteiger partial charge in [-0.05, 0) is 34.7 Å². The highest BCUT2D eigenvalue weighted by Crippen LogP contribution is 2.26. The van der Waals surface area contributed by atoms with Crippen LogP contribution in [0.2, 0.25) is 0 Å². The number of amides is 1. The Labute approximate surface area is 164 Å². The number of nitrogens with one attached hydrogen (secondary N) is 1. The van der Waals surface area contributed by atoms with Crippen LogP contribution in [0.3, 0.4) is 0 Å². The molecule has 1 amide bonds. The second-order valence-electron chi connectivity index (χ2n) is 6.63. The molecule has 0 aliphatic carbocycles. The summed E-state index contributed by atoms with van der Waals surface area (Å²) in [6.45, 7) is 0.921. The summed E-state index contributed by atoms with van der Waals surface area (Å²) in [7, 11) is 0. The predicted molar refractivity (Wildman–Crippen MR) is 112 cm³/mol. The number of carbonyl (C=O) groups is 1. The first kappa shape index (κ1) is 17.8. The average Bonchev–Trinajstić information content (AvgIpc) is 2.77. The van der Waals surface area contributed by atoms with Crippen LogP contribution in [0.4, 0.5) is 0 Å². The molecule has 0 saturated heterocycles. The summed E-state index contributed by atoms with van der Waals surface area (Å²) in [5.74, 6) is 0.757. The van der Waals surface area contributed by atoms with E-state index in [1.165, 1.54) is 0 Å². The lowest BCUT2D eigenvalue weighted by Crippen LogP contribution is -2.22. The van der Waals surface area contributed by atoms with E-state index < -0.39 is 0 Å². The van der Waals surface area contributed by atoms with E-state index in [0.29, 0.717) is 18.7 Å². The van der Waals surface area contributed by atoms with Gasteiger partial charge in [-0.3, -0.25) is 4.79 Å². The third kappa shape index (κ3) is 4.21. The van der Waals surface area contributed by atoms with Gasteiger partial charge >= 0.3 is 0 Å². The first-order valence-corrected chi connectivity index (χ1v) is 9.31. The van der Waals surface area contributed by atoms with Crippen LogP contribution >= 0.6 is 0 Å². The molecule has 0 fully saturated rings. The van der Waals surface area contributed by atoms with E-state index in [4.69, 9.17) is 4.74 Å². The molecular formula is C25H21NO2. The van der Waals surface area contributed by atoms with E-state index in [1.807, 2.05) is 78.9 Å². The van der Waals surface area contributed by atoms with E-state index in [0.717, 1.165) is 27.6 Å². The average molecular weight is 367 g/mol. The fourth-order valence-electron chi connectivity index (χ4n) is 3.17. The molecule has 1 N–H and O–H groups in total. The number of rotatable bonds is 6. The van der Waals surface area contributed by atoms with Crippen LogP contribution in [0.15, 0.2) is 97.1 Å². The minimum atomic E-state index is -0.0872. The third-order valence-electron chi connectivity index (χ3n) is 4.63. The van der Waals surface area contributed by atoms with Crippen molar-refractivity contribution in [2.24, 2.45) is 0 Å². The summed E-state index contributed by atoms with van der Waals surface area (Å²) in [5.41, 5.74) is 2.67. The second kappa shape index (κ2) is 8.40. The molecule has 0 aliphatic heterocycles. The normalized spacial score (nSPS) is 10.6. The topological polar surface area (TPSA) is 38.3 Å². The second-order valence-corrected chi connectivity index (χ2v) is 6.63. The van der Waals surface area contributed by atoms with Crippen molar-refractivity contribution >= 4 is 16.7 Å². The van der Waals surface area contributed by atoms with E-state index in [-0.39, 0.29) is 5.91 Å². The molecule has 0 heterocycles. The molecule has 3 heteroatoms. The maximum absolute atomic E-state index is 12.5. The van der Waals surface area contributed by atoms with Gasteiger partial charge in [0.2, 0.25) is 0 Å². The highest BCUT2D eigenvalue weighted by molar-refractivity contribution is 5.94. The Balaban J connectivity index is 1.42. The van der Waals surface area contributed by atoms with Gasteiger partial charge in [-0.2, -0.15) is 0 Å². The van der Waals surface area contributed by atoms with Gasteiger partial charge in [0.05, 0.1) is 0 Å². The summed E-state index contributed by atoms with van der Waals surface area (Å²) in [6, 6.07) is 31.6. The molecular weight excluding hydrogens is 346 g/mol. The highest BCUT2D eigenvalue weighted by Gasteiger charge is 2.07. The zero-order valence-electron chi connectivity index (χ0n) is 15.5. The van der Waals surface area contributed by atoms with Crippen LogP contribution < -0.4 is 10.1 Å². The summed E-state index contributed by atoms with van der Waals surface area (Å²) in [6.07, 6.45) is 0. The van der Waals surface area contributed by atoms with Crippen molar-refractivity contribution in [3.63, 3.8) is 0 Å². The molecule has 3 nitrogen and oxygen atoms in total. The van der Waals surface area contributed by atoms with Crippen molar-refractivity contribution in [2.45, 2.75) is 13.2 Å². The van der Waals surface area contributed by atoms with E-state index in [1.54, 1.807) is 0 Å². The van der Waals surface area contributed by atoms with Crippen LogP contribution in [0.5, 0.6) is 5.75 Å². The Hall–Kier alpha value is -3.59. The molecule has 0 bridgehead atoms. The van der Waals surface area contributed by atoms with Crippen molar-refractivity contribution in [3.05, 3.63) is 114 Å². The van der Waals surface area contributed by atoms with Crippen molar-refractivity contribution in [3.8, 4) is 5.75 Å². The smallest absolute Gasteiger partial charge is 0.251 e. The third-order valence-corrected chi connectivity index (χ3v) is 4.63. The number of ether oxygens (including phenoxy) is 1. The molecule has 0 aliphatic rings. The molecule has 0 saturated carbocycles. The van der Waals surface area contributed by atoms with Gasteiger partial charge < -0.3 is 10.1 Å². The quantitative estimate of drug-likeness (QED) is 0.499. The van der Waals surface area contributed by atoms with Crippen molar-refractivity contribution in [2.75, 3.05) is 0 Å². The van der Waals surface area contributed by atoms with Gasteiger partial charge in [0.15, 0.2) is 0 Å². The number of carbonyl (C=O) groups excluding carboxylic acids is 1. The minimum Gasteiger partial charge on any atom is -0.488 e. The van der Waals surface area contributed by atoms with Gasteiger partial charge in [-0.25, -0.2) is 0 Å². The number of hydrogen-bond donors (Lipinski definition) is 1. The zero-order chi connectivity index (χ0) is 19.2.